The Balaban J connectivity index is 2.03. The Hall–Kier alpha value is -0.900. The van der Waals surface area contributed by atoms with E-state index in [-0.39, 0.29) is 0 Å². The van der Waals surface area contributed by atoms with Crippen molar-refractivity contribution in [2.45, 2.75) is 57.4 Å². The minimum atomic E-state index is 0.317. The predicted octanol–water partition coefficient (Wildman–Crippen LogP) is 2.18. The summed E-state index contributed by atoms with van der Waals surface area (Å²) < 4.78 is 5.21. The molecule has 0 radical (unpaired) electrons. The molecule has 0 unspecified atom stereocenters. The quantitative estimate of drug-likeness (QED) is 0.810. The van der Waals surface area contributed by atoms with E-state index in [2.05, 4.69) is 24.0 Å². The van der Waals surface area contributed by atoms with Crippen LogP contribution in [0.4, 0.5) is 0 Å². The number of hydrogen-bond donors (Lipinski definition) is 1. The molecular formula is C11H19N3O. The third-order valence-corrected chi connectivity index (χ3v) is 3.09. The largest absolute Gasteiger partial charge is 0.339 e. The minimum Gasteiger partial charge on any atom is -0.339 e. The molecule has 1 aromatic rings. The third kappa shape index (κ3) is 2.37. The second-order valence-electron chi connectivity index (χ2n) is 4.76. The van der Waals surface area contributed by atoms with Gasteiger partial charge < -0.3 is 10.3 Å². The van der Waals surface area contributed by atoms with Crippen LogP contribution < -0.4 is 5.73 Å². The number of hydrogen-bond acceptors (Lipinski definition) is 4. The van der Waals surface area contributed by atoms with Gasteiger partial charge in [0, 0.05) is 17.9 Å². The van der Waals surface area contributed by atoms with E-state index in [1.54, 1.807) is 0 Å². The molecule has 84 valence electrons. The Morgan fingerprint density at radius 1 is 1.27 bits per heavy atom. The monoisotopic (exact) mass is 209 g/mol. The van der Waals surface area contributed by atoms with Gasteiger partial charge in [0.25, 0.3) is 0 Å². The van der Waals surface area contributed by atoms with Crippen molar-refractivity contribution in [3.8, 4) is 0 Å². The van der Waals surface area contributed by atoms with Crippen LogP contribution in [-0.2, 0) is 0 Å². The molecule has 0 amide bonds. The Kier molecular flexibility index (Phi) is 3.05. The van der Waals surface area contributed by atoms with Gasteiger partial charge in [-0.2, -0.15) is 4.98 Å². The van der Waals surface area contributed by atoms with E-state index in [4.69, 9.17) is 10.3 Å². The average Bonchev–Trinajstić information content (AvgIpc) is 2.68. The molecule has 0 atom stereocenters. The topological polar surface area (TPSA) is 64.9 Å². The van der Waals surface area contributed by atoms with Crippen molar-refractivity contribution < 1.29 is 4.52 Å². The van der Waals surface area contributed by atoms with Crippen molar-refractivity contribution in [1.82, 2.24) is 10.1 Å². The summed E-state index contributed by atoms with van der Waals surface area (Å²) in [6.07, 6.45) is 4.35. The maximum Gasteiger partial charge on any atom is 0.229 e. The summed E-state index contributed by atoms with van der Waals surface area (Å²) in [5.41, 5.74) is 5.86. The van der Waals surface area contributed by atoms with E-state index >= 15 is 0 Å². The highest BCUT2D eigenvalue weighted by Gasteiger charge is 2.24. The smallest absolute Gasteiger partial charge is 0.229 e. The lowest BCUT2D eigenvalue weighted by molar-refractivity contribution is 0.341. The molecule has 4 nitrogen and oxygen atoms in total. The van der Waals surface area contributed by atoms with Crippen LogP contribution in [0.25, 0.3) is 0 Å². The highest BCUT2D eigenvalue weighted by Crippen LogP contribution is 2.30. The highest BCUT2D eigenvalue weighted by molar-refractivity contribution is 4.99. The molecule has 1 fully saturated rings. The summed E-state index contributed by atoms with van der Waals surface area (Å²) in [5.74, 6) is 2.41. The van der Waals surface area contributed by atoms with Crippen molar-refractivity contribution in [3.63, 3.8) is 0 Å². The maximum absolute atomic E-state index is 5.86. The van der Waals surface area contributed by atoms with Gasteiger partial charge in [0.1, 0.15) is 0 Å². The average molecular weight is 209 g/mol. The second kappa shape index (κ2) is 4.31. The van der Waals surface area contributed by atoms with E-state index in [0.29, 0.717) is 17.9 Å². The fourth-order valence-electron chi connectivity index (χ4n) is 2.02. The molecule has 1 aromatic heterocycles. The molecule has 1 aliphatic carbocycles. The summed E-state index contributed by atoms with van der Waals surface area (Å²) in [5, 5.41) is 4.06. The van der Waals surface area contributed by atoms with Crippen LogP contribution in [0.1, 0.15) is 63.1 Å². The fourth-order valence-corrected chi connectivity index (χ4v) is 2.02. The lowest BCUT2D eigenvalue weighted by Crippen LogP contribution is -2.26. The lowest BCUT2D eigenvalue weighted by atomic mass is 9.86. The number of rotatable bonds is 2. The first kappa shape index (κ1) is 10.6. The van der Waals surface area contributed by atoms with Crippen molar-refractivity contribution in [3.05, 3.63) is 11.7 Å². The maximum atomic E-state index is 5.86. The van der Waals surface area contributed by atoms with Crippen molar-refractivity contribution >= 4 is 0 Å². The van der Waals surface area contributed by atoms with Crippen LogP contribution >= 0.6 is 0 Å². The Bertz CT molecular complexity index is 313. The molecular weight excluding hydrogens is 190 g/mol. The van der Waals surface area contributed by atoms with E-state index < -0.39 is 0 Å². The number of aromatic nitrogens is 2. The zero-order chi connectivity index (χ0) is 10.8. The van der Waals surface area contributed by atoms with Crippen LogP contribution in [0.2, 0.25) is 0 Å². The van der Waals surface area contributed by atoms with Gasteiger partial charge in [0.15, 0.2) is 5.82 Å². The fraction of sp³-hybridized carbons (Fsp3) is 0.818. The van der Waals surface area contributed by atoms with Gasteiger partial charge >= 0.3 is 0 Å². The SMILES string of the molecule is CC(C)c1nc(C2CCC(N)CC2)no1. The summed E-state index contributed by atoms with van der Waals surface area (Å²) in [4.78, 5) is 4.44. The summed E-state index contributed by atoms with van der Waals surface area (Å²) in [6.45, 7) is 4.13. The molecule has 15 heavy (non-hydrogen) atoms. The van der Waals surface area contributed by atoms with Crippen LogP contribution in [0, 0.1) is 0 Å². The van der Waals surface area contributed by atoms with Crippen molar-refractivity contribution in [1.29, 1.82) is 0 Å². The Morgan fingerprint density at radius 2 is 1.93 bits per heavy atom. The summed E-state index contributed by atoms with van der Waals surface area (Å²) >= 11 is 0. The molecule has 2 rings (SSSR count). The molecule has 0 bridgehead atoms. The lowest BCUT2D eigenvalue weighted by Gasteiger charge is -2.23. The Labute approximate surface area is 90.2 Å². The Morgan fingerprint density at radius 3 is 2.47 bits per heavy atom. The van der Waals surface area contributed by atoms with Crippen LogP contribution in [0.5, 0.6) is 0 Å². The zero-order valence-electron chi connectivity index (χ0n) is 9.44. The second-order valence-corrected chi connectivity index (χ2v) is 4.76. The predicted molar refractivity (Wildman–Crippen MR) is 57.6 cm³/mol. The summed E-state index contributed by atoms with van der Waals surface area (Å²) in [6, 6.07) is 0.373. The molecule has 1 aliphatic rings. The van der Waals surface area contributed by atoms with Gasteiger partial charge in [-0.15, -0.1) is 0 Å². The molecule has 0 aromatic carbocycles. The normalized spacial score (nSPS) is 27.2. The van der Waals surface area contributed by atoms with Crippen LogP contribution in [0.15, 0.2) is 4.52 Å². The van der Waals surface area contributed by atoms with Gasteiger partial charge in [-0.3, -0.25) is 0 Å². The van der Waals surface area contributed by atoms with Gasteiger partial charge in [-0.1, -0.05) is 19.0 Å². The van der Waals surface area contributed by atoms with E-state index in [1.807, 2.05) is 0 Å². The van der Waals surface area contributed by atoms with E-state index in [0.717, 1.165) is 37.4 Å². The zero-order valence-corrected chi connectivity index (χ0v) is 9.44. The van der Waals surface area contributed by atoms with Gasteiger partial charge in [0.05, 0.1) is 0 Å². The standard InChI is InChI=1S/C11H19N3O/c1-7(2)11-13-10(14-15-11)8-3-5-9(12)6-4-8/h7-9H,3-6,12H2,1-2H3. The third-order valence-electron chi connectivity index (χ3n) is 3.09. The van der Waals surface area contributed by atoms with Gasteiger partial charge in [-0.25, -0.2) is 0 Å². The van der Waals surface area contributed by atoms with Gasteiger partial charge in [-0.05, 0) is 25.7 Å². The van der Waals surface area contributed by atoms with Crippen LogP contribution in [-0.4, -0.2) is 16.2 Å². The molecule has 0 aliphatic heterocycles. The first-order chi connectivity index (χ1) is 7.16. The first-order valence-electron chi connectivity index (χ1n) is 5.76. The molecule has 4 heteroatoms. The minimum absolute atomic E-state index is 0.317. The summed E-state index contributed by atoms with van der Waals surface area (Å²) in [7, 11) is 0. The van der Waals surface area contributed by atoms with E-state index in [9.17, 15) is 0 Å². The molecule has 2 N–H and O–H groups in total. The molecule has 0 saturated heterocycles. The number of nitrogens with two attached hydrogens (primary N) is 1. The molecule has 1 saturated carbocycles. The number of nitrogens with zero attached hydrogens (tertiary/aromatic N) is 2. The van der Waals surface area contributed by atoms with E-state index in [1.165, 1.54) is 0 Å². The van der Waals surface area contributed by atoms with Gasteiger partial charge in [0.2, 0.25) is 5.89 Å². The first-order valence-corrected chi connectivity index (χ1v) is 5.76. The molecule has 1 heterocycles. The molecule has 0 spiro atoms. The highest BCUT2D eigenvalue weighted by atomic mass is 16.5. The van der Waals surface area contributed by atoms with Crippen LogP contribution in [0.3, 0.4) is 0 Å². The van der Waals surface area contributed by atoms with Crippen molar-refractivity contribution in [2.75, 3.05) is 0 Å². The van der Waals surface area contributed by atoms with Crippen molar-refractivity contribution in [2.24, 2.45) is 5.73 Å².